The predicted molar refractivity (Wildman–Crippen MR) is 130 cm³/mol. The van der Waals surface area contributed by atoms with E-state index in [-0.39, 0.29) is 24.4 Å². The summed E-state index contributed by atoms with van der Waals surface area (Å²) in [5.41, 5.74) is 0. The molecule has 5 unspecified atom stereocenters. The molecular formula is C19H46O6Si4. The zero-order chi connectivity index (χ0) is 22.8. The highest BCUT2D eigenvalue weighted by molar-refractivity contribution is 6.71. The quantitative estimate of drug-likeness (QED) is 0.414. The Labute approximate surface area is 183 Å². The summed E-state index contributed by atoms with van der Waals surface area (Å²) in [6.45, 7) is 26.7. The molecule has 29 heavy (non-hydrogen) atoms. The fourth-order valence-electron chi connectivity index (χ4n) is 3.25. The van der Waals surface area contributed by atoms with Crippen LogP contribution in [0.4, 0.5) is 0 Å². The van der Waals surface area contributed by atoms with Crippen LogP contribution in [0.3, 0.4) is 0 Å². The van der Waals surface area contributed by atoms with Gasteiger partial charge in [0.1, 0.15) is 24.4 Å². The molecule has 1 aliphatic rings. The lowest BCUT2D eigenvalue weighted by molar-refractivity contribution is -0.270. The summed E-state index contributed by atoms with van der Waals surface area (Å²) in [4.78, 5) is 0. The Morgan fingerprint density at radius 3 is 1.31 bits per heavy atom. The molecule has 0 aromatic heterocycles. The van der Waals surface area contributed by atoms with E-state index in [0.29, 0.717) is 6.61 Å². The molecule has 1 fully saturated rings. The van der Waals surface area contributed by atoms with Crippen molar-refractivity contribution in [3.63, 3.8) is 0 Å². The third-order valence-electron chi connectivity index (χ3n) is 3.86. The lowest BCUT2D eigenvalue weighted by Gasteiger charge is -2.51. The first kappa shape index (κ1) is 27.7. The summed E-state index contributed by atoms with van der Waals surface area (Å²) in [5.74, 6) is 0. The van der Waals surface area contributed by atoms with Gasteiger partial charge < -0.3 is 27.2 Å². The molecule has 1 aliphatic heterocycles. The molecule has 0 aromatic rings. The summed E-state index contributed by atoms with van der Waals surface area (Å²) < 4.78 is 38.5. The normalized spacial score (nSPS) is 29.9. The molecule has 5 atom stereocenters. The van der Waals surface area contributed by atoms with E-state index in [9.17, 15) is 0 Å². The van der Waals surface area contributed by atoms with E-state index < -0.39 is 39.6 Å². The van der Waals surface area contributed by atoms with Crippen LogP contribution < -0.4 is 0 Å². The van der Waals surface area contributed by atoms with Gasteiger partial charge in [0.15, 0.2) is 39.6 Å². The van der Waals surface area contributed by atoms with Crippen molar-refractivity contribution in [3.05, 3.63) is 0 Å². The second-order valence-electron chi connectivity index (χ2n) is 11.8. The summed E-state index contributed by atoms with van der Waals surface area (Å²) in [7, 11) is -5.83. The third-order valence-corrected chi connectivity index (χ3v) is 7.74. The van der Waals surface area contributed by atoms with Crippen molar-refractivity contribution in [3.8, 4) is 0 Å². The Bertz CT molecular complexity index is 507. The minimum atomic E-state index is -1.89. The van der Waals surface area contributed by atoms with Gasteiger partial charge in [-0.25, -0.2) is 0 Å². The summed E-state index contributed by atoms with van der Waals surface area (Å²) >= 11 is 0. The predicted octanol–water partition coefficient (Wildman–Crippen LogP) is 4.87. The number of hydrogen-bond donors (Lipinski definition) is 0. The molecule has 1 saturated heterocycles. The molecule has 10 heteroatoms. The van der Waals surface area contributed by atoms with Crippen molar-refractivity contribution in [2.75, 3.05) is 13.7 Å². The van der Waals surface area contributed by atoms with Crippen LogP contribution in [0.15, 0.2) is 0 Å². The second-order valence-corrected chi connectivity index (χ2v) is 29.7. The van der Waals surface area contributed by atoms with Crippen molar-refractivity contribution in [1.82, 2.24) is 0 Å². The number of rotatable bonds is 10. The molecule has 0 bridgehead atoms. The Morgan fingerprint density at radius 1 is 0.552 bits per heavy atom. The van der Waals surface area contributed by atoms with Gasteiger partial charge in [-0.15, -0.1) is 0 Å². The number of methoxy groups -OCH3 is 1. The number of ether oxygens (including phenoxy) is 2. The number of hydrogen-bond acceptors (Lipinski definition) is 6. The minimum absolute atomic E-state index is 0.240. The van der Waals surface area contributed by atoms with E-state index in [1.54, 1.807) is 7.11 Å². The SMILES string of the molecule is COCC1OC(O[Si](C)(C)C)C(O[Si](C)(C)C)C(O[Si](C)(C)C)C1O[Si](C)(C)C. The highest BCUT2D eigenvalue weighted by Crippen LogP contribution is 2.35. The molecule has 0 N–H and O–H groups in total. The topological polar surface area (TPSA) is 55.4 Å². The second kappa shape index (κ2) is 10.1. The fraction of sp³-hybridized carbons (Fsp3) is 1.00. The van der Waals surface area contributed by atoms with Crippen LogP contribution in [-0.2, 0) is 27.2 Å². The third kappa shape index (κ3) is 10.7. The lowest BCUT2D eigenvalue weighted by Crippen LogP contribution is -2.67. The standard InChI is InChI=1S/C19H46O6Si4/c1-20-14-15-16(22-26(2,3)4)17(23-27(5,6)7)18(24-28(8,9)10)19(21-15)25-29(11,12)13/h15-19H,14H2,1-13H3. The fourth-order valence-corrected chi connectivity index (χ4v) is 7.38. The highest BCUT2D eigenvalue weighted by atomic mass is 28.4. The monoisotopic (exact) mass is 482 g/mol. The molecule has 6 nitrogen and oxygen atoms in total. The van der Waals surface area contributed by atoms with E-state index in [1.165, 1.54) is 0 Å². The maximum atomic E-state index is 6.75. The summed E-state index contributed by atoms with van der Waals surface area (Å²) in [6.07, 6.45) is -1.52. The van der Waals surface area contributed by atoms with Crippen LogP contribution in [0.25, 0.3) is 0 Å². The molecule has 174 valence electrons. The van der Waals surface area contributed by atoms with E-state index in [1.807, 2.05) is 0 Å². The molecule has 1 heterocycles. The first-order chi connectivity index (χ1) is 12.8. The molecule has 0 amide bonds. The van der Waals surface area contributed by atoms with Gasteiger partial charge in [0.25, 0.3) is 0 Å². The van der Waals surface area contributed by atoms with Gasteiger partial charge in [-0.3, -0.25) is 0 Å². The zero-order valence-corrected chi connectivity index (χ0v) is 25.0. The molecule has 0 spiro atoms. The van der Waals surface area contributed by atoms with Crippen molar-refractivity contribution in [2.24, 2.45) is 0 Å². The van der Waals surface area contributed by atoms with Crippen molar-refractivity contribution in [1.29, 1.82) is 0 Å². The van der Waals surface area contributed by atoms with Gasteiger partial charge in [-0.05, 0) is 78.6 Å². The highest BCUT2D eigenvalue weighted by Gasteiger charge is 2.52. The zero-order valence-electron chi connectivity index (χ0n) is 21.0. The van der Waals surface area contributed by atoms with Crippen LogP contribution in [0, 0.1) is 0 Å². The maximum Gasteiger partial charge on any atom is 0.187 e. The van der Waals surface area contributed by atoms with Gasteiger partial charge in [0.05, 0.1) is 6.61 Å². The van der Waals surface area contributed by atoms with Crippen LogP contribution in [-0.4, -0.2) is 77.7 Å². The first-order valence-corrected chi connectivity index (χ1v) is 24.3. The Balaban J connectivity index is 3.44. The molecule has 1 rings (SSSR count). The Kier molecular flexibility index (Phi) is 9.59. The molecule has 0 aliphatic carbocycles. The van der Waals surface area contributed by atoms with Gasteiger partial charge in [0.2, 0.25) is 0 Å². The van der Waals surface area contributed by atoms with Gasteiger partial charge in [-0.1, -0.05) is 0 Å². The van der Waals surface area contributed by atoms with Crippen LogP contribution in [0.5, 0.6) is 0 Å². The van der Waals surface area contributed by atoms with Gasteiger partial charge in [-0.2, -0.15) is 0 Å². The molecule has 0 saturated carbocycles. The largest absolute Gasteiger partial charge is 0.409 e. The average Bonchev–Trinajstić information content (AvgIpc) is 2.41. The minimum Gasteiger partial charge on any atom is -0.409 e. The molecule has 0 radical (unpaired) electrons. The summed E-state index contributed by atoms with van der Waals surface area (Å²) in [6, 6.07) is 0. The summed E-state index contributed by atoms with van der Waals surface area (Å²) in [5, 5.41) is 0. The van der Waals surface area contributed by atoms with Crippen molar-refractivity contribution < 1.29 is 27.2 Å². The van der Waals surface area contributed by atoms with E-state index >= 15 is 0 Å². The average molecular weight is 483 g/mol. The van der Waals surface area contributed by atoms with Crippen LogP contribution in [0.2, 0.25) is 78.6 Å². The Morgan fingerprint density at radius 2 is 0.931 bits per heavy atom. The van der Waals surface area contributed by atoms with Crippen molar-refractivity contribution in [2.45, 2.75) is 109 Å². The van der Waals surface area contributed by atoms with Gasteiger partial charge in [0, 0.05) is 7.11 Å². The van der Waals surface area contributed by atoms with Crippen molar-refractivity contribution >= 4 is 33.3 Å². The van der Waals surface area contributed by atoms with Crippen LogP contribution in [0.1, 0.15) is 0 Å². The molecular weight excluding hydrogens is 437 g/mol. The van der Waals surface area contributed by atoms with Gasteiger partial charge >= 0.3 is 0 Å². The maximum absolute atomic E-state index is 6.75. The van der Waals surface area contributed by atoms with E-state index in [4.69, 9.17) is 27.2 Å². The molecule has 0 aromatic carbocycles. The Hall–Kier alpha value is 0.628. The van der Waals surface area contributed by atoms with Crippen LogP contribution >= 0.6 is 0 Å². The van der Waals surface area contributed by atoms with E-state index in [2.05, 4.69) is 78.6 Å². The van der Waals surface area contributed by atoms with E-state index in [0.717, 1.165) is 0 Å². The lowest BCUT2D eigenvalue weighted by atomic mass is 9.99. The smallest absolute Gasteiger partial charge is 0.187 e. The first-order valence-electron chi connectivity index (χ1n) is 10.7.